The van der Waals surface area contributed by atoms with Gasteiger partial charge in [-0.25, -0.2) is 9.37 Å². The fraction of sp³-hybridized carbons (Fsp3) is 0.143. The van der Waals surface area contributed by atoms with Gasteiger partial charge in [-0.3, -0.25) is 4.79 Å². The van der Waals surface area contributed by atoms with Crippen LogP contribution in [0.25, 0.3) is 22.2 Å². The first-order chi connectivity index (χ1) is 13.5. The molecule has 142 valence electrons. The molecule has 0 aliphatic rings. The fourth-order valence-electron chi connectivity index (χ4n) is 3.10. The van der Waals surface area contributed by atoms with E-state index in [4.69, 9.17) is 4.74 Å². The molecule has 2 aromatic heterocycles. The maximum Gasteiger partial charge on any atom is 0.230 e. The normalized spacial score (nSPS) is 11.0. The Morgan fingerprint density at radius 2 is 2.04 bits per heavy atom. The summed E-state index contributed by atoms with van der Waals surface area (Å²) in [6.07, 6.45) is 1.87. The molecule has 1 amide bonds. The molecule has 0 saturated carbocycles. The van der Waals surface area contributed by atoms with E-state index >= 15 is 0 Å². The molecule has 5 nitrogen and oxygen atoms in total. The Balaban J connectivity index is 1.50. The lowest BCUT2D eigenvalue weighted by atomic mass is 10.1. The lowest BCUT2D eigenvalue weighted by Gasteiger charge is -2.02. The lowest BCUT2D eigenvalue weighted by molar-refractivity contribution is -0.115. The fourth-order valence-corrected chi connectivity index (χ4v) is 3.95. The van der Waals surface area contributed by atoms with Crippen LogP contribution in [-0.2, 0) is 11.2 Å². The number of nitrogens with zero attached hydrogens (tertiary/aromatic N) is 1. The number of hydrogen-bond donors (Lipinski definition) is 2. The molecular weight excluding hydrogens is 377 g/mol. The van der Waals surface area contributed by atoms with Crippen molar-refractivity contribution in [2.75, 3.05) is 12.4 Å². The molecule has 2 heterocycles. The van der Waals surface area contributed by atoms with Gasteiger partial charge in [0.25, 0.3) is 0 Å². The number of ether oxygens (including phenoxy) is 1. The number of aromatic amines is 1. The summed E-state index contributed by atoms with van der Waals surface area (Å²) >= 11 is 1.42. The Hall–Kier alpha value is -3.19. The second-order valence-electron chi connectivity index (χ2n) is 6.38. The number of nitrogens with one attached hydrogen (secondary N) is 2. The van der Waals surface area contributed by atoms with Gasteiger partial charge in [0.15, 0.2) is 5.13 Å². The number of amides is 1. The Morgan fingerprint density at radius 3 is 2.79 bits per heavy atom. The molecule has 0 aliphatic heterocycles. The Kier molecular flexibility index (Phi) is 4.83. The number of halogens is 1. The summed E-state index contributed by atoms with van der Waals surface area (Å²) in [5.74, 6) is 0.258. The number of H-pyrrole nitrogens is 1. The molecular formula is C21H18FN3O2S. The van der Waals surface area contributed by atoms with Crippen LogP contribution in [0.4, 0.5) is 9.52 Å². The summed E-state index contributed by atoms with van der Waals surface area (Å²) in [6, 6.07) is 12.1. The quantitative estimate of drug-likeness (QED) is 0.504. The van der Waals surface area contributed by atoms with Crippen molar-refractivity contribution in [1.29, 1.82) is 0 Å². The number of aryl methyl sites for hydroxylation is 1. The Morgan fingerprint density at radius 1 is 1.25 bits per heavy atom. The second-order valence-corrected chi connectivity index (χ2v) is 7.58. The van der Waals surface area contributed by atoms with Gasteiger partial charge in [0.2, 0.25) is 5.91 Å². The van der Waals surface area contributed by atoms with E-state index in [0.717, 1.165) is 33.0 Å². The first-order valence-corrected chi connectivity index (χ1v) is 9.52. The van der Waals surface area contributed by atoms with Gasteiger partial charge >= 0.3 is 0 Å². The molecule has 0 unspecified atom stereocenters. The van der Waals surface area contributed by atoms with Gasteiger partial charge < -0.3 is 15.0 Å². The average molecular weight is 395 g/mol. The lowest BCUT2D eigenvalue weighted by Crippen LogP contribution is -2.14. The van der Waals surface area contributed by atoms with E-state index in [9.17, 15) is 9.18 Å². The molecule has 0 bridgehead atoms. The number of hydrogen-bond acceptors (Lipinski definition) is 4. The van der Waals surface area contributed by atoms with Gasteiger partial charge in [0.05, 0.1) is 19.2 Å². The number of benzene rings is 2. The van der Waals surface area contributed by atoms with Crippen LogP contribution in [0.5, 0.6) is 5.75 Å². The summed E-state index contributed by atoms with van der Waals surface area (Å²) < 4.78 is 18.7. The van der Waals surface area contributed by atoms with E-state index < -0.39 is 0 Å². The standard InChI is InChI=1S/C21H18FN3O2S/c1-12-20(13-3-6-16(27-2)7-4-13)25-21(28-12)24-19(26)9-14-11-23-18-8-5-15(22)10-17(14)18/h3-8,10-11,23H,9H2,1-2H3,(H,24,25,26). The van der Waals surface area contributed by atoms with Gasteiger partial charge in [0.1, 0.15) is 11.6 Å². The third-order valence-corrected chi connectivity index (χ3v) is 5.37. The van der Waals surface area contributed by atoms with E-state index in [1.165, 1.54) is 23.5 Å². The van der Waals surface area contributed by atoms with Crippen LogP contribution in [0.15, 0.2) is 48.7 Å². The van der Waals surface area contributed by atoms with Crippen molar-refractivity contribution >= 4 is 33.3 Å². The molecule has 0 fully saturated rings. The number of carbonyl (C=O) groups is 1. The highest BCUT2D eigenvalue weighted by atomic mass is 32.1. The minimum Gasteiger partial charge on any atom is -0.497 e. The largest absolute Gasteiger partial charge is 0.497 e. The minimum absolute atomic E-state index is 0.139. The number of methoxy groups -OCH3 is 1. The highest BCUT2D eigenvalue weighted by molar-refractivity contribution is 7.16. The zero-order valence-corrected chi connectivity index (χ0v) is 16.2. The number of rotatable bonds is 5. The van der Waals surface area contributed by atoms with Gasteiger partial charge in [-0.1, -0.05) is 0 Å². The maximum absolute atomic E-state index is 13.5. The van der Waals surface area contributed by atoms with Crippen molar-refractivity contribution in [2.45, 2.75) is 13.3 Å². The second kappa shape index (κ2) is 7.44. The zero-order chi connectivity index (χ0) is 19.7. The molecule has 2 N–H and O–H groups in total. The van der Waals surface area contributed by atoms with E-state index in [1.807, 2.05) is 31.2 Å². The van der Waals surface area contributed by atoms with Crippen molar-refractivity contribution in [3.05, 3.63) is 64.9 Å². The van der Waals surface area contributed by atoms with Crippen LogP contribution in [-0.4, -0.2) is 23.0 Å². The molecule has 0 aliphatic carbocycles. The summed E-state index contributed by atoms with van der Waals surface area (Å²) in [4.78, 5) is 21.1. The van der Waals surface area contributed by atoms with E-state index in [0.29, 0.717) is 10.5 Å². The van der Waals surface area contributed by atoms with Gasteiger partial charge in [-0.15, -0.1) is 11.3 Å². The molecule has 0 atom stereocenters. The predicted octanol–water partition coefficient (Wildman–Crippen LogP) is 4.93. The van der Waals surface area contributed by atoms with Gasteiger partial charge in [0, 0.05) is 27.5 Å². The smallest absolute Gasteiger partial charge is 0.230 e. The van der Waals surface area contributed by atoms with E-state index in [2.05, 4.69) is 15.3 Å². The third kappa shape index (κ3) is 3.61. The van der Waals surface area contributed by atoms with E-state index in [-0.39, 0.29) is 18.1 Å². The predicted molar refractivity (Wildman–Crippen MR) is 109 cm³/mol. The molecule has 28 heavy (non-hydrogen) atoms. The summed E-state index contributed by atoms with van der Waals surface area (Å²) in [5.41, 5.74) is 3.34. The number of fused-ring (bicyclic) bond motifs is 1. The molecule has 0 radical (unpaired) electrons. The number of thiazole rings is 1. The van der Waals surface area contributed by atoms with Gasteiger partial charge in [-0.05, 0) is 55.0 Å². The van der Waals surface area contributed by atoms with Crippen LogP contribution in [0.2, 0.25) is 0 Å². The van der Waals surface area contributed by atoms with Crippen LogP contribution in [0.1, 0.15) is 10.4 Å². The monoisotopic (exact) mass is 395 g/mol. The van der Waals surface area contributed by atoms with Crippen LogP contribution in [0.3, 0.4) is 0 Å². The van der Waals surface area contributed by atoms with Crippen LogP contribution < -0.4 is 10.1 Å². The maximum atomic E-state index is 13.5. The Labute approximate surface area is 165 Å². The highest BCUT2D eigenvalue weighted by Gasteiger charge is 2.14. The minimum atomic E-state index is -0.326. The zero-order valence-electron chi connectivity index (χ0n) is 15.4. The highest BCUT2D eigenvalue weighted by Crippen LogP contribution is 2.31. The Bertz CT molecular complexity index is 1150. The summed E-state index contributed by atoms with van der Waals surface area (Å²) in [6.45, 7) is 1.97. The van der Waals surface area contributed by atoms with Crippen LogP contribution in [0, 0.1) is 12.7 Å². The van der Waals surface area contributed by atoms with Crippen LogP contribution >= 0.6 is 11.3 Å². The first-order valence-electron chi connectivity index (χ1n) is 8.70. The van der Waals surface area contributed by atoms with Crippen molar-refractivity contribution in [1.82, 2.24) is 9.97 Å². The molecule has 7 heteroatoms. The molecule has 0 saturated heterocycles. The number of anilines is 1. The molecule has 4 aromatic rings. The summed E-state index contributed by atoms with van der Waals surface area (Å²) in [7, 11) is 1.62. The average Bonchev–Trinajstić information content (AvgIpc) is 3.25. The van der Waals surface area contributed by atoms with Crippen molar-refractivity contribution < 1.29 is 13.9 Å². The molecule has 4 rings (SSSR count). The number of aromatic nitrogens is 2. The topological polar surface area (TPSA) is 67.0 Å². The first kappa shape index (κ1) is 18.2. The SMILES string of the molecule is COc1ccc(-c2nc(NC(=O)Cc3c[nH]c4ccc(F)cc34)sc2C)cc1. The van der Waals surface area contributed by atoms with Gasteiger partial charge in [-0.2, -0.15) is 0 Å². The van der Waals surface area contributed by atoms with E-state index in [1.54, 1.807) is 19.4 Å². The summed E-state index contributed by atoms with van der Waals surface area (Å²) in [5, 5.41) is 4.10. The molecule has 2 aromatic carbocycles. The van der Waals surface area contributed by atoms with Crippen molar-refractivity contribution in [2.24, 2.45) is 0 Å². The molecule has 0 spiro atoms. The third-order valence-electron chi connectivity index (χ3n) is 4.49. The van der Waals surface area contributed by atoms with Crippen molar-refractivity contribution in [3.8, 4) is 17.0 Å². The number of carbonyl (C=O) groups excluding carboxylic acids is 1. The van der Waals surface area contributed by atoms with Crippen molar-refractivity contribution in [3.63, 3.8) is 0 Å².